The first-order valence-electron chi connectivity index (χ1n) is 8.18. The van der Waals surface area contributed by atoms with Crippen molar-refractivity contribution in [1.82, 2.24) is 9.97 Å². The molecule has 2 aromatic carbocycles. The van der Waals surface area contributed by atoms with Crippen LogP contribution in [0.4, 0.5) is 5.69 Å². The standard InChI is InChI=1S/C20H14ClN3O2S/c21-15-4-1-2-6-17(15)26-12-18(25)23-14-9-7-13(8-10-14)19-24-16-5-3-11-22-20(16)27-19/h1-11H,12H2,(H,23,25). The molecule has 0 saturated heterocycles. The molecule has 0 radical (unpaired) electrons. The number of aromatic nitrogens is 2. The maximum atomic E-state index is 12.1. The molecule has 4 aromatic rings. The summed E-state index contributed by atoms with van der Waals surface area (Å²) >= 11 is 7.54. The predicted octanol–water partition coefficient (Wildman–Crippen LogP) is 5.03. The quantitative estimate of drug-likeness (QED) is 0.514. The van der Waals surface area contributed by atoms with Gasteiger partial charge in [-0.1, -0.05) is 35.1 Å². The molecule has 2 heterocycles. The van der Waals surface area contributed by atoms with Gasteiger partial charge < -0.3 is 10.1 Å². The maximum absolute atomic E-state index is 12.1. The predicted molar refractivity (Wildman–Crippen MR) is 108 cm³/mol. The van der Waals surface area contributed by atoms with Crippen LogP contribution in [0.3, 0.4) is 0 Å². The minimum atomic E-state index is -0.258. The minimum absolute atomic E-state index is 0.116. The third kappa shape index (κ3) is 4.07. The van der Waals surface area contributed by atoms with E-state index in [2.05, 4.69) is 15.3 Å². The Morgan fingerprint density at radius 3 is 2.67 bits per heavy atom. The molecule has 0 bridgehead atoms. The van der Waals surface area contributed by atoms with E-state index in [1.165, 1.54) is 11.3 Å². The number of benzene rings is 2. The van der Waals surface area contributed by atoms with Crippen molar-refractivity contribution in [2.45, 2.75) is 0 Å². The lowest BCUT2D eigenvalue weighted by Crippen LogP contribution is -2.20. The number of carbonyl (C=O) groups is 1. The third-order valence-corrected chi connectivity index (χ3v) is 5.12. The van der Waals surface area contributed by atoms with Gasteiger partial charge in [0.1, 0.15) is 21.1 Å². The Hall–Kier alpha value is -2.96. The highest BCUT2D eigenvalue weighted by molar-refractivity contribution is 7.21. The van der Waals surface area contributed by atoms with Crippen LogP contribution in [0, 0.1) is 0 Å². The Kier molecular flexibility index (Phi) is 5.00. The van der Waals surface area contributed by atoms with Crippen molar-refractivity contribution in [3.05, 3.63) is 71.9 Å². The fourth-order valence-corrected chi connectivity index (χ4v) is 3.59. The molecule has 0 unspecified atom stereocenters. The lowest BCUT2D eigenvalue weighted by atomic mass is 10.2. The van der Waals surface area contributed by atoms with Crippen molar-refractivity contribution in [3.63, 3.8) is 0 Å². The normalized spacial score (nSPS) is 10.7. The van der Waals surface area contributed by atoms with Crippen LogP contribution in [0.2, 0.25) is 5.02 Å². The van der Waals surface area contributed by atoms with E-state index in [4.69, 9.17) is 16.3 Å². The van der Waals surface area contributed by atoms with Crippen molar-refractivity contribution in [2.75, 3.05) is 11.9 Å². The van der Waals surface area contributed by atoms with Crippen molar-refractivity contribution >= 4 is 44.9 Å². The highest BCUT2D eigenvalue weighted by atomic mass is 35.5. The summed E-state index contributed by atoms with van der Waals surface area (Å²) in [5.41, 5.74) is 2.54. The van der Waals surface area contributed by atoms with Gasteiger partial charge in [0.05, 0.1) is 5.02 Å². The van der Waals surface area contributed by atoms with E-state index in [-0.39, 0.29) is 12.5 Å². The molecule has 134 valence electrons. The topological polar surface area (TPSA) is 64.1 Å². The summed E-state index contributed by atoms with van der Waals surface area (Å²) in [6.07, 6.45) is 1.76. The largest absolute Gasteiger partial charge is 0.482 e. The molecular formula is C20H14ClN3O2S. The average molecular weight is 396 g/mol. The molecule has 0 saturated carbocycles. The van der Waals surface area contributed by atoms with Crippen LogP contribution in [-0.2, 0) is 4.79 Å². The van der Waals surface area contributed by atoms with Crippen molar-refractivity contribution in [2.24, 2.45) is 0 Å². The number of halogens is 1. The third-order valence-electron chi connectivity index (χ3n) is 3.78. The maximum Gasteiger partial charge on any atom is 0.262 e. The molecule has 5 nitrogen and oxygen atoms in total. The van der Waals surface area contributed by atoms with Crippen LogP contribution in [-0.4, -0.2) is 22.5 Å². The number of nitrogens with zero attached hydrogens (tertiary/aromatic N) is 2. The lowest BCUT2D eigenvalue weighted by Gasteiger charge is -2.09. The molecule has 0 atom stereocenters. The number of nitrogens with one attached hydrogen (secondary N) is 1. The van der Waals surface area contributed by atoms with Crippen molar-refractivity contribution < 1.29 is 9.53 Å². The van der Waals surface area contributed by atoms with Gasteiger partial charge in [0, 0.05) is 17.4 Å². The van der Waals surface area contributed by atoms with Gasteiger partial charge in [0.25, 0.3) is 5.91 Å². The van der Waals surface area contributed by atoms with Gasteiger partial charge in [-0.25, -0.2) is 9.97 Å². The number of para-hydroxylation sites is 1. The number of hydrogen-bond donors (Lipinski definition) is 1. The number of anilines is 1. The first-order chi connectivity index (χ1) is 13.2. The molecular weight excluding hydrogens is 382 g/mol. The zero-order chi connectivity index (χ0) is 18.6. The van der Waals surface area contributed by atoms with E-state index in [1.54, 1.807) is 30.5 Å². The van der Waals surface area contributed by atoms with Gasteiger partial charge in [-0.2, -0.15) is 0 Å². The number of amides is 1. The van der Waals surface area contributed by atoms with Gasteiger partial charge in [0.15, 0.2) is 6.61 Å². The summed E-state index contributed by atoms with van der Waals surface area (Å²) in [5, 5.41) is 4.16. The van der Waals surface area contributed by atoms with Crippen LogP contribution in [0.15, 0.2) is 66.9 Å². The highest BCUT2D eigenvalue weighted by Gasteiger charge is 2.09. The monoisotopic (exact) mass is 395 g/mol. The highest BCUT2D eigenvalue weighted by Crippen LogP contribution is 2.29. The summed E-state index contributed by atoms with van der Waals surface area (Å²) in [7, 11) is 0. The fraction of sp³-hybridized carbons (Fsp3) is 0.0500. The Bertz CT molecular complexity index is 1060. The van der Waals surface area contributed by atoms with E-state index in [9.17, 15) is 4.79 Å². The first kappa shape index (κ1) is 17.5. The summed E-state index contributed by atoms with van der Waals surface area (Å²) < 4.78 is 5.44. The number of pyridine rings is 1. The van der Waals surface area contributed by atoms with Crippen molar-refractivity contribution in [1.29, 1.82) is 0 Å². The number of rotatable bonds is 5. The molecule has 0 fully saturated rings. The van der Waals surface area contributed by atoms with Crippen LogP contribution >= 0.6 is 22.9 Å². The number of thiazole rings is 1. The number of ether oxygens (including phenoxy) is 1. The Morgan fingerprint density at radius 1 is 1.07 bits per heavy atom. The molecule has 0 spiro atoms. The van der Waals surface area contributed by atoms with E-state index in [0.29, 0.717) is 16.5 Å². The SMILES string of the molecule is O=C(COc1ccccc1Cl)Nc1ccc(-c2nc3cccnc3s2)cc1. The molecule has 1 N–H and O–H groups in total. The molecule has 7 heteroatoms. The minimum Gasteiger partial charge on any atom is -0.482 e. The Labute approximate surface area is 164 Å². The van der Waals surface area contributed by atoms with E-state index >= 15 is 0 Å². The molecule has 0 aliphatic carbocycles. The Morgan fingerprint density at radius 2 is 1.89 bits per heavy atom. The summed E-state index contributed by atoms with van der Waals surface area (Å²) in [6, 6.07) is 18.4. The molecule has 27 heavy (non-hydrogen) atoms. The summed E-state index contributed by atoms with van der Waals surface area (Å²) in [6.45, 7) is -0.116. The van der Waals surface area contributed by atoms with Crippen LogP contribution in [0.5, 0.6) is 5.75 Å². The van der Waals surface area contributed by atoms with Gasteiger partial charge in [-0.15, -0.1) is 0 Å². The van der Waals surface area contributed by atoms with E-state index < -0.39 is 0 Å². The van der Waals surface area contributed by atoms with Crippen LogP contribution in [0.25, 0.3) is 20.9 Å². The second-order valence-corrected chi connectivity index (χ2v) is 7.08. The molecule has 4 rings (SSSR count). The number of hydrogen-bond acceptors (Lipinski definition) is 5. The second kappa shape index (κ2) is 7.73. The number of carbonyl (C=O) groups excluding carboxylic acids is 1. The fourth-order valence-electron chi connectivity index (χ4n) is 2.49. The second-order valence-electron chi connectivity index (χ2n) is 5.69. The van der Waals surface area contributed by atoms with Gasteiger partial charge in [-0.05, 0) is 48.5 Å². The van der Waals surface area contributed by atoms with Gasteiger partial charge in [0.2, 0.25) is 0 Å². The smallest absolute Gasteiger partial charge is 0.262 e. The number of fused-ring (bicyclic) bond motifs is 1. The average Bonchev–Trinajstić information content (AvgIpc) is 3.12. The summed E-state index contributed by atoms with van der Waals surface area (Å²) in [5.74, 6) is 0.223. The first-order valence-corrected chi connectivity index (χ1v) is 9.38. The van der Waals surface area contributed by atoms with E-state index in [1.807, 2.05) is 36.4 Å². The summed E-state index contributed by atoms with van der Waals surface area (Å²) in [4.78, 5) is 21.9. The molecule has 2 aromatic heterocycles. The zero-order valence-electron chi connectivity index (χ0n) is 14.1. The van der Waals surface area contributed by atoms with Crippen molar-refractivity contribution in [3.8, 4) is 16.3 Å². The molecule has 0 aliphatic heterocycles. The van der Waals surface area contributed by atoms with Gasteiger partial charge >= 0.3 is 0 Å². The molecule has 0 aliphatic rings. The molecule has 1 amide bonds. The van der Waals surface area contributed by atoms with Crippen LogP contribution < -0.4 is 10.1 Å². The zero-order valence-corrected chi connectivity index (χ0v) is 15.6. The van der Waals surface area contributed by atoms with Gasteiger partial charge in [-0.3, -0.25) is 4.79 Å². The van der Waals surface area contributed by atoms with E-state index in [0.717, 1.165) is 20.9 Å². The Balaban J connectivity index is 1.40. The van der Waals surface area contributed by atoms with Crippen LogP contribution in [0.1, 0.15) is 0 Å². The lowest BCUT2D eigenvalue weighted by molar-refractivity contribution is -0.118.